The van der Waals surface area contributed by atoms with Gasteiger partial charge in [0.2, 0.25) is 5.43 Å². The minimum Gasteiger partial charge on any atom is -0.346 e. The van der Waals surface area contributed by atoms with E-state index in [2.05, 4.69) is 35.3 Å². The van der Waals surface area contributed by atoms with E-state index in [0.717, 1.165) is 16.6 Å². The number of aromatic amines is 1. The molecule has 4 heteroatoms. The van der Waals surface area contributed by atoms with Crippen molar-refractivity contribution in [2.45, 2.75) is 26.3 Å². The maximum Gasteiger partial charge on any atom is 0.207 e. The van der Waals surface area contributed by atoms with Gasteiger partial charge in [0.25, 0.3) is 0 Å². The molecule has 0 spiro atoms. The van der Waals surface area contributed by atoms with E-state index < -0.39 is 0 Å². The number of rotatable bonds is 0. The van der Waals surface area contributed by atoms with Crippen LogP contribution in [0, 0.1) is 0 Å². The fraction of sp³-hybridized carbons (Fsp3) is 0.286. The predicted molar refractivity (Wildman–Crippen MR) is 72.9 cm³/mol. The molecule has 0 radical (unpaired) electrons. The van der Waals surface area contributed by atoms with Gasteiger partial charge in [-0.2, -0.15) is 0 Å². The van der Waals surface area contributed by atoms with Gasteiger partial charge < -0.3 is 9.55 Å². The van der Waals surface area contributed by atoms with E-state index in [-0.39, 0.29) is 11.0 Å². The second-order valence-corrected chi connectivity index (χ2v) is 5.49. The SMILES string of the molecule is CC(C)(C)n1ccc(=O)c2nc3[nH]ccc3cc21. The first kappa shape index (κ1) is 11.0. The molecule has 0 saturated carbocycles. The Kier molecular flexibility index (Phi) is 2.11. The van der Waals surface area contributed by atoms with Gasteiger partial charge in [-0.1, -0.05) is 0 Å². The van der Waals surface area contributed by atoms with Crippen molar-refractivity contribution in [3.05, 3.63) is 40.8 Å². The Morgan fingerprint density at radius 1 is 1.28 bits per heavy atom. The highest BCUT2D eigenvalue weighted by atomic mass is 16.1. The van der Waals surface area contributed by atoms with Crippen LogP contribution in [0.3, 0.4) is 0 Å². The summed E-state index contributed by atoms with van der Waals surface area (Å²) in [6, 6.07) is 5.56. The van der Waals surface area contributed by atoms with Crippen LogP contribution in [0.5, 0.6) is 0 Å². The number of nitrogens with one attached hydrogen (secondary N) is 1. The number of hydrogen-bond donors (Lipinski definition) is 1. The smallest absolute Gasteiger partial charge is 0.207 e. The van der Waals surface area contributed by atoms with Crippen LogP contribution in [0.4, 0.5) is 0 Å². The standard InChI is InChI=1S/C14H15N3O/c1-14(2,3)17-7-5-11(18)12-10(17)8-9-4-6-15-13(9)16-12/h4-8H,1-3H3,(H,15,16). The molecule has 0 aliphatic heterocycles. The molecule has 0 unspecified atom stereocenters. The summed E-state index contributed by atoms with van der Waals surface area (Å²) < 4.78 is 2.09. The molecule has 0 amide bonds. The predicted octanol–water partition coefficient (Wildman–Crippen LogP) is 2.63. The molecule has 0 atom stereocenters. The van der Waals surface area contributed by atoms with Crippen molar-refractivity contribution < 1.29 is 0 Å². The van der Waals surface area contributed by atoms with Gasteiger partial charge in [0, 0.05) is 29.4 Å². The van der Waals surface area contributed by atoms with E-state index >= 15 is 0 Å². The van der Waals surface area contributed by atoms with Crippen LogP contribution in [0.2, 0.25) is 0 Å². The summed E-state index contributed by atoms with van der Waals surface area (Å²) in [6.45, 7) is 6.33. The Morgan fingerprint density at radius 2 is 2.06 bits per heavy atom. The molecule has 3 heterocycles. The number of H-pyrrole nitrogens is 1. The largest absolute Gasteiger partial charge is 0.346 e. The van der Waals surface area contributed by atoms with Crippen LogP contribution in [-0.4, -0.2) is 14.5 Å². The molecule has 0 aliphatic rings. The lowest BCUT2D eigenvalue weighted by Gasteiger charge is -2.25. The van der Waals surface area contributed by atoms with Crippen LogP contribution in [0.1, 0.15) is 20.8 Å². The van der Waals surface area contributed by atoms with E-state index in [1.165, 1.54) is 0 Å². The Balaban J connectivity index is 2.53. The van der Waals surface area contributed by atoms with Gasteiger partial charge in [-0.05, 0) is 32.9 Å². The zero-order valence-electron chi connectivity index (χ0n) is 10.7. The molecule has 0 bridgehead atoms. The highest BCUT2D eigenvalue weighted by Crippen LogP contribution is 2.22. The van der Waals surface area contributed by atoms with Crippen molar-refractivity contribution in [1.82, 2.24) is 14.5 Å². The van der Waals surface area contributed by atoms with Gasteiger partial charge in [-0.3, -0.25) is 4.79 Å². The molecule has 0 aromatic carbocycles. The summed E-state index contributed by atoms with van der Waals surface area (Å²) in [6.07, 6.45) is 3.67. The first-order chi connectivity index (χ1) is 8.47. The van der Waals surface area contributed by atoms with Crippen LogP contribution in [0.25, 0.3) is 22.1 Å². The molecule has 0 fully saturated rings. The number of pyridine rings is 2. The van der Waals surface area contributed by atoms with Crippen molar-refractivity contribution >= 4 is 22.1 Å². The summed E-state index contributed by atoms with van der Waals surface area (Å²) in [5.41, 5.74) is 2.02. The average molecular weight is 241 g/mol. The monoisotopic (exact) mass is 241 g/mol. The fourth-order valence-electron chi connectivity index (χ4n) is 2.22. The molecule has 3 rings (SSSR count). The minimum absolute atomic E-state index is 0.0398. The third-order valence-electron chi connectivity index (χ3n) is 3.11. The lowest BCUT2D eigenvalue weighted by Crippen LogP contribution is -2.24. The number of aromatic nitrogens is 3. The first-order valence-corrected chi connectivity index (χ1v) is 5.97. The molecule has 92 valence electrons. The molecule has 3 aromatic heterocycles. The van der Waals surface area contributed by atoms with Crippen molar-refractivity contribution in [2.24, 2.45) is 0 Å². The lowest BCUT2D eigenvalue weighted by atomic mass is 10.1. The Hall–Kier alpha value is -2.10. The van der Waals surface area contributed by atoms with Crippen LogP contribution < -0.4 is 5.43 Å². The van der Waals surface area contributed by atoms with Gasteiger partial charge in [0.1, 0.15) is 11.2 Å². The maximum atomic E-state index is 11.9. The summed E-state index contributed by atoms with van der Waals surface area (Å²) >= 11 is 0. The summed E-state index contributed by atoms with van der Waals surface area (Å²) in [7, 11) is 0. The highest BCUT2D eigenvalue weighted by Gasteiger charge is 2.16. The minimum atomic E-state index is -0.0857. The molecule has 0 aliphatic carbocycles. The van der Waals surface area contributed by atoms with Crippen molar-refractivity contribution in [1.29, 1.82) is 0 Å². The zero-order chi connectivity index (χ0) is 12.9. The molecule has 18 heavy (non-hydrogen) atoms. The van der Waals surface area contributed by atoms with Gasteiger partial charge in [0.15, 0.2) is 0 Å². The van der Waals surface area contributed by atoms with Crippen molar-refractivity contribution in [2.75, 3.05) is 0 Å². The van der Waals surface area contributed by atoms with E-state index in [9.17, 15) is 4.79 Å². The van der Waals surface area contributed by atoms with E-state index in [4.69, 9.17) is 0 Å². The number of nitrogens with zero attached hydrogens (tertiary/aromatic N) is 2. The summed E-state index contributed by atoms with van der Waals surface area (Å²) in [4.78, 5) is 19.4. The van der Waals surface area contributed by atoms with Crippen molar-refractivity contribution in [3.63, 3.8) is 0 Å². The topological polar surface area (TPSA) is 50.7 Å². The molecular weight excluding hydrogens is 226 g/mol. The van der Waals surface area contributed by atoms with Gasteiger partial charge in [-0.15, -0.1) is 0 Å². The molecule has 3 aromatic rings. The van der Waals surface area contributed by atoms with Gasteiger partial charge in [0.05, 0.1) is 5.52 Å². The molecule has 0 saturated heterocycles. The molecule has 1 N–H and O–H groups in total. The van der Waals surface area contributed by atoms with Crippen LogP contribution in [0.15, 0.2) is 35.4 Å². The van der Waals surface area contributed by atoms with Crippen LogP contribution in [-0.2, 0) is 5.54 Å². The van der Waals surface area contributed by atoms with Crippen molar-refractivity contribution in [3.8, 4) is 0 Å². The first-order valence-electron chi connectivity index (χ1n) is 5.97. The lowest BCUT2D eigenvalue weighted by molar-refractivity contribution is 0.408. The Labute approximate surface area is 104 Å². The summed E-state index contributed by atoms with van der Waals surface area (Å²) in [5.74, 6) is 0. The van der Waals surface area contributed by atoms with E-state index in [1.54, 1.807) is 6.07 Å². The van der Waals surface area contributed by atoms with E-state index in [0.29, 0.717) is 5.52 Å². The third-order valence-corrected chi connectivity index (χ3v) is 3.11. The quantitative estimate of drug-likeness (QED) is 0.657. The molecule has 4 nitrogen and oxygen atoms in total. The van der Waals surface area contributed by atoms with Crippen LogP contribution >= 0.6 is 0 Å². The summed E-state index contributed by atoms with van der Waals surface area (Å²) in [5, 5.41) is 1.02. The maximum absolute atomic E-state index is 11.9. The molecular formula is C14H15N3O. The average Bonchev–Trinajstić information content (AvgIpc) is 2.72. The number of hydrogen-bond acceptors (Lipinski definition) is 2. The highest BCUT2D eigenvalue weighted by molar-refractivity contribution is 5.89. The Bertz CT molecular complexity index is 790. The zero-order valence-corrected chi connectivity index (χ0v) is 10.7. The third kappa shape index (κ3) is 1.53. The van der Waals surface area contributed by atoms with E-state index in [1.807, 2.05) is 24.5 Å². The number of fused-ring (bicyclic) bond motifs is 2. The normalized spacial score (nSPS) is 12.4. The van der Waals surface area contributed by atoms with Gasteiger partial charge >= 0.3 is 0 Å². The Morgan fingerprint density at radius 3 is 2.78 bits per heavy atom. The van der Waals surface area contributed by atoms with Gasteiger partial charge in [-0.25, -0.2) is 4.98 Å². The second kappa shape index (κ2) is 3.45. The fourth-order valence-corrected chi connectivity index (χ4v) is 2.22. The second-order valence-electron chi connectivity index (χ2n) is 5.49.